The minimum Gasteiger partial charge on any atom is -0.369 e. The molecule has 1 aromatic heterocycles. The first kappa shape index (κ1) is 12.9. The van der Waals surface area contributed by atoms with Gasteiger partial charge in [-0.15, -0.1) is 0 Å². The van der Waals surface area contributed by atoms with E-state index in [0.717, 1.165) is 5.56 Å². The van der Waals surface area contributed by atoms with E-state index in [1.54, 1.807) is 16.7 Å². The van der Waals surface area contributed by atoms with Crippen LogP contribution in [-0.4, -0.2) is 9.55 Å². The molecule has 0 bridgehead atoms. The number of imidazole rings is 1. The quantitative estimate of drug-likeness (QED) is 0.784. The van der Waals surface area contributed by atoms with Crippen molar-refractivity contribution < 1.29 is 8.78 Å². The molecule has 1 heterocycles. The van der Waals surface area contributed by atoms with Crippen LogP contribution in [0.3, 0.4) is 0 Å². The Morgan fingerprint density at radius 1 is 1.15 bits per heavy atom. The number of rotatable bonds is 2. The summed E-state index contributed by atoms with van der Waals surface area (Å²) in [4.78, 5) is 4.10. The minimum absolute atomic E-state index is 0.0118. The lowest BCUT2D eigenvalue weighted by Gasteiger charge is -2.07. The maximum Gasteiger partial charge on any atom is 0.201 e. The second-order valence-corrected chi connectivity index (χ2v) is 4.84. The van der Waals surface area contributed by atoms with Crippen LogP contribution in [0.4, 0.5) is 14.7 Å². The fourth-order valence-corrected chi connectivity index (χ4v) is 2.24. The van der Waals surface area contributed by atoms with Crippen LogP contribution in [0.15, 0.2) is 36.4 Å². The molecule has 0 atom stereocenters. The van der Waals surface area contributed by atoms with E-state index < -0.39 is 5.82 Å². The van der Waals surface area contributed by atoms with Crippen molar-refractivity contribution in [3.8, 4) is 0 Å². The molecular formula is C14H10ClF2N3. The minimum atomic E-state index is -0.536. The summed E-state index contributed by atoms with van der Waals surface area (Å²) in [6.07, 6.45) is 0. The van der Waals surface area contributed by atoms with Gasteiger partial charge in [-0.05, 0) is 23.8 Å². The molecule has 3 aromatic rings. The number of nitrogen functional groups attached to an aromatic ring is 1. The van der Waals surface area contributed by atoms with Crippen molar-refractivity contribution in [1.29, 1.82) is 0 Å². The fourth-order valence-electron chi connectivity index (χ4n) is 2.08. The van der Waals surface area contributed by atoms with Crippen molar-refractivity contribution in [3.05, 3.63) is 58.6 Å². The van der Waals surface area contributed by atoms with Gasteiger partial charge in [-0.1, -0.05) is 23.7 Å². The first-order valence-electron chi connectivity index (χ1n) is 5.90. The number of halogens is 3. The molecule has 0 fully saturated rings. The molecule has 0 aliphatic heterocycles. The smallest absolute Gasteiger partial charge is 0.201 e. The summed E-state index contributed by atoms with van der Waals surface area (Å²) in [6.45, 7) is 0.407. The van der Waals surface area contributed by atoms with Gasteiger partial charge in [0.2, 0.25) is 5.95 Å². The monoisotopic (exact) mass is 293 g/mol. The van der Waals surface area contributed by atoms with Crippen molar-refractivity contribution in [3.63, 3.8) is 0 Å². The van der Waals surface area contributed by atoms with Gasteiger partial charge in [0.15, 0.2) is 0 Å². The third kappa shape index (κ3) is 2.20. The number of benzene rings is 2. The number of hydrogen-bond donors (Lipinski definition) is 1. The van der Waals surface area contributed by atoms with Crippen LogP contribution in [0.2, 0.25) is 5.02 Å². The molecule has 2 aromatic carbocycles. The summed E-state index contributed by atoms with van der Waals surface area (Å²) < 4.78 is 28.0. The van der Waals surface area contributed by atoms with E-state index in [9.17, 15) is 8.78 Å². The lowest BCUT2D eigenvalue weighted by molar-refractivity contribution is 0.626. The van der Waals surface area contributed by atoms with Crippen LogP contribution >= 0.6 is 11.6 Å². The lowest BCUT2D eigenvalue weighted by Crippen LogP contribution is -2.04. The Morgan fingerprint density at radius 3 is 2.55 bits per heavy atom. The van der Waals surface area contributed by atoms with E-state index in [0.29, 0.717) is 17.6 Å². The lowest BCUT2D eigenvalue weighted by atomic mass is 10.2. The van der Waals surface area contributed by atoms with E-state index in [1.807, 2.05) is 0 Å². The predicted molar refractivity (Wildman–Crippen MR) is 74.6 cm³/mol. The zero-order valence-corrected chi connectivity index (χ0v) is 11.0. The molecule has 0 aliphatic rings. The van der Waals surface area contributed by atoms with Gasteiger partial charge < -0.3 is 10.3 Å². The van der Waals surface area contributed by atoms with E-state index in [4.69, 9.17) is 17.3 Å². The number of nitrogens with zero attached hydrogens (tertiary/aromatic N) is 2. The third-order valence-electron chi connectivity index (χ3n) is 3.07. The summed E-state index contributed by atoms with van der Waals surface area (Å²) in [7, 11) is 0. The Morgan fingerprint density at radius 2 is 1.85 bits per heavy atom. The largest absolute Gasteiger partial charge is 0.369 e. The molecule has 0 radical (unpaired) electrons. The first-order chi connectivity index (χ1) is 9.54. The number of hydrogen-bond acceptors (Lipinski definition) is 2. The highest BCUT2D eigenvalue weighted by atomic mass is 35.5. The van der Waals surface area contributed by atoms with Crippen LogP contribution in [0.25, 0.3) is 11.0 Å². The molecule has 20 heavy (non-hydrogen) atoms. The van der Waals surface area contributed by atoms with Crippen LogP contribution in [0, 0.1) is 11.6 Å². The van der Waals surface area contributed by atoms with Gasteiger partial charge in [-0.3, -0.25) is 0 Å². The Kier molecular flexibility index (Phi) is 3.06. The Labute approximate surface area is 118 Å². The Hall–Kier alpha value is -2.14. The van der Waals surface area contributed by atoms with Gasteiger partial charge in [0, 0.05) is 6.07 Å². The molecule has 0 saturated carbocycles. The van der Waals surface area contributed by atoms with Crippen molar-refractivity contribution in [2.24, 2.45) is 0 Å². The summed E-state index contributed by atoms with van der Waals surface area (Å²) in [5.74, 6) is -0.584. The molecule has 6 heteroatoms. The van der Waals surface area contributed by atoms with Gasteiger partial charge in [0.25, 0.3) is 0 Å². The second-order valence-electron chi connectivity index (χ2n) is 4.44. The van der Waals surface area contributed by atoms with Gasteiger partial charge in [-0.25, -0.2) is 13.8 Å². The Bertz CT molecular complexity index is 781. The molecule has 0 amide bonds. The van der Waals surface area contributed by atoms with Crippen molar-refractivity contribution >= 4 is 28.6 Å². The van der Waals surface area contributed by atoms with E-state index >= 15 is 0 Å². The fraction of sp³-hybridized carbons (Fsp3) is 0.0714. The normalized spacial score (nSPS) is 11.2. The highest BCUT2D eigenvalue weighted by Gasteiger charge is 2.12. The predicted octanol–water partition coefficient (Wildman–Crippen LogP) is 3.60. The first-order valence-corrected chi connectivity index (χ1v) is 6.27. The summed E-state index contributed by atoms with van der Waals surface area (Å²) in [5.41, 5.74) is 7.78. The molecule has 2 N–H and O–H groups in total. The number of nitrogens with two attached hydrogens (primary N) is 1. The van der Waals surface area contributed by atoms with E-state index in [1.165, 1.54) is 24.3 Å². The number of aromatic nitrogens is 2. The summed E-state index contributed by atoms with van der Waals surface area (Å²) >= 11 is 5.79. The van der Waals surface area contributed by atoms with Crippen molar-refractivity contribution in [2.45, 2.75) is 6.54 Å². The van der Waals surface area contributed by atoms with Crippen LogP contribution < -0.4 is 5.73 Å². The second kappa shape index (κ2) is 4.76. The third-order valence-corrected chi connectivity index (χ3v) is 3.36. The molecule has 3 nitrogen and oxygen atoms in total. The average molecular weight is 294 g/mol. The molecule has 0 spiro atoms. The molecule has 0 saturated heterocycles. The Balaban J connectivity index is 2.08. The topological polar surface area (TPSA) is 43.8 Å². The maximum atomic E-state index is 13.4. The van der Waals surface area contributed by atoms with Gasteiger partial charge in [-0.2, -0.15) is 0 Å². The average Bonchev–Trinajstić information content (AvgIpc) is 2.69. The number of fused-ring (bicyclic) bond motifs is 1. The SMILES string of the molecule is Nc1nc2cc(F)c(Cl)cc2n1Cc1ccc(F)cc1. The molecule has 102 valence electrons. The van der Waals surface area contributed by atoms with Crippen LogP contribution in [-0.2, 0) is 6.54 Å². The van der Waals surface area contributed by atoms with Crippen molar-refractivity contribution in [2.75, 3.05) is 5.73 Å². The zero-order valence-electron chi connectivity index (χ0n) is 10.3. The highest BCUT2D eigenvalue weighted by molar-refractivity contribution is 6.31. The summed E-state index contributed by atoms with van der Waals surface area (Å²) in [6, 6.07) is 8.79. The van der Waals surface area contributed by atoms with Gasteiger partial charge in [0.05, 0.1) is 22.6 Å². The summed E-state index contributed by atoms with van der Waals surface area (Å²) in [5, 5.41) is 0.0118. The molecule has 3 rings (SSSR count). The number of anilines is 1. The van der Waals surface area contributed by atoms with E-state index in [2.05, 4.69) is 4.98 Å². The zero-order chi connectivity index (χ0) is 14.3. The standard InChI is InChI=1S/C14H10ClF2N3/c15-10-5-13-12(6-11(10)17)19-14(18)20(13)7-8-1-3-9(16)4-2-8/h1-6H,7H2,(H2,18,19). The maximum absolute atomic E-state index is 13.4. The van der Waals surface area contributed by atoms with Crippen LogP contribution in [0.1, 0.15) is 5.56 Å². The van der Waals surface area contributed by atoms with Gasteiger partial charge in [0.1, 0.15) is 11.6 Å². The van der Waals surface area contributed by atoms with E-state index in [-0.39, 0.29) is 16.8 Å². The van der Waals surface area contributed by atoms with Crippen molar-refractivity contribution in [1.82, 2.24) is 9.55 Å². The molecule has 0 unspecified atom stereocenters. The highest BCUT2D eigenvalue weighted by Crippen LogP contribution is 2.25. The molecular weight excluding hydrogens is 284 g/mol. The van der Waals surface area contributed by atoms with Crippen LogP contribution in [0.5, 0.6) is 0 Å². The van der Waals surface area contributed by atoms with Gasteiger partial charge >= 0.3 is 0 Å². The molecule has 0 aliphatic carbocycles.